The van der Waals surface area contributed by atoms with Crippen molar-refractivity contribution in [2.24, 2.45) is 23.5 Å². The van der Waals surface area contributed by atoms with Crippen molar-refractivity contribution in [3.8, 4) is 0 Å². The number of hydrogen-bond acceptors (Lipinski definition) is 4. The monoisotopic (exact) mass is 443 g/mol. The molecule has 1 heterocycles. The van der Waals surface area contributed by atoms with E-state index in [1.807, 2.05) is 30.3 Å². The summed E-state index contributed by atoms with van der Waals surface area (Å²) >= 11 is 0. The second-order valence-electron chi connectivity index (χ2n) is 8.75. The number of amides is 1. The number of β-amino-alcohol motifs (C(OH)–C–C–N with tert-alkyl or cyclic N) is 1. The van der Waals surface area contributed by atoms with E-state index in [4.69, 9.17) is 5.73 Å². The fourth-order valence-corrected chi connectivity index (χ4v) is 5.42. The molecule has 0 aromatic heterocycles. The highest BCUT2D eigenvalue weighted by Gasteiger charge is 2.41. The number of carbonyl (C=O) groups is 1. The molecule has 3 N–H and O–H groups in total. The molecule has 3 aliphatic rings. The van der Waals surface area contributed by atoms with Gasteiger partial charge in [0.25, 0.3) is 0 Å². The molecule has 5 nitrogen and oxygen atoms in total. The van der Waals surface area contributed by atoms with Crippen molar-refractivity contribution in [1.29, 1.82) is 0 Å². The van der Waals surface area contributed by atoms with Crippen LogP contribution in [-0.4, -0.2) is 59.6 Å². The Morgan fingerprint density at radius 1 is 1.03 bits per heavy atom. The predicted octanol–water partition coefficient (Wildman–Crippen LogP) is 2.86. The van der Waals surface area contributed by atoms with Crippen molar-refractivity contribution in [1.82, 2.24) is 9.80 Å². The van der Waals surface area contributed by atoms with Gasteiger partial charge in [0.05, 0.1) is 6.10 Å². The van der Waals surface area contributed by atoms with Crippen LogP contribution >= 0.6 is 24.8 Å². The molecular weight excluding hydrogens is 409 g/mol. The van der Waals surface area contributed by atoms with E-state index in [2.05, 4.69) is 9.80 Å². The zero-order valence-electron chi connectivity index (χ0n) is 17.0. The second kappa shape index (κ2) is 11.0. The van der Waals surface area contributed by atoms with Crippen LogP contribution in [-0.2, 0) is 4.79 Å². The number of benzene rings is 1. The molecule has 164 valence electrons. The quantitative estimate of drug-likeness (QED) is 0.750. The zero-order valence-corrected chi connectivity index (χ0v) is 18.6. The molecule has 1 aromatic carbocycles. The molecule has 1 aromatic rings. The van der Waals surface area contributed by atoms with Crippen LogP contribution in [0.1, 0.15) is 43.8 Å². The average Bonchev–Trinajstić information content (AvgIpc) is 2.68. The SMILES string of the molecule is Cl.Cl.NC1C2CCCC1CC(C(=O)N1CCN(CC(O)c3ccccc3)CC1)C2. The fourth-order valence-electron chi connectivity index (χ4n) is 5.42. The van der Waals surface area contributed by atoms with Crippen molar-refractivity contribution < 1.29 is 9.90 Å². The molecule has 3 unspecified atom stereocenters. The predicted molar refractivity (Wildman–Crippen MR) is 120 cm³/mol. The maximum absolute atomic E-state index is 13.1. The van der Waals surface area contributed by atoms with Gasteiger partial charge in [-0.15, -0.1) is 24.8 Å². The summed E-state index contributed by atoms with van der Waals surface area (Å²) in [5.74, 6) is 1.63. The highest BCUT2D eigenvalue weighted by molar-refractivity contribution is 5.85. The standard InChI is InChI=1S/C22H33N3O2.2ClH/c23-21-17-7-4-8-18(21)14-19(13-17)22(27)25-11-9-24(10-12-25)15-20(26)16-5-2-1-3-6-16;;/h1-3,5-6,17-21,26H,4,7-15,23H2;2*1H. The van der Waals surface area contributed by atoms with Crippen LogP contribution in [0.2, 0.25) is 0 Å². The van der Waals surface area contributed by atoms with Gasteiger partial charge in [0, 0.05) is 44.7 Å². The van der Waals surface area contributed by atoms with Crippen LogP contribution in [0, 0.1) is 17.8 Å². The van der Waals surface area contributed by atoms with Crippen LogP contribution in [0.5, 0.6) is 0 Å². The van der Waals surface area contributed by atoms with Crippen molar-refractivity contribution >= 4 is 30.7 Å². The van der Waals surface area contributed by atoms with Crippen molar-refractivity contribution in [2.75, 3.05) is 32.7 Å². The highest BCUT2D eigenvalue weighted by Crippen LogP contribution is 2.42. The molecule has 3 fully saturated rings. The number of nitrogens with zero attached hydrogens (tertiary/aromatic N) is 2. The molecule has 2 saturated carbocycles. The van der Waals surface area contributed by atoms with Crippen LogP contribution in [0.4, 0.5) is 0 Å². The first-order valence-electron chi connectivity index (χ1n) is 10.6. The Balaban J connectivity index is 0.00000150. The van der Waals surface area contributed by atoms with Gasteiger partial charge >= 0.3 is 0 Å². The van der Waals surface area contributed by atoms with Gasteiger partial charge in [0.1, 0.15) is 0 Å². The van der Waals surface area contributed by atoms with E-state index in [1.165, 1.54) is 19.3 Å². The van der Waals surface area contributed by atoms with Crippen LogP contribution < -0.4 is 5.73 Å². The van der Waals surface area contributed by atoms with Gasteiger partial charge in [0.2, 0.25) is 5.91 Å². The number of rotatable bonds is 4. The summed E-state index contributed by atoms with van der Waals surface area (Å²) in [6, 6.07) is 10.1. The third kappa shape index (κ3) is 5.65. The van der Waals surface area contributed by atoms with Crippen molar-refractivity contribution in [2.45, 2.75) is 44.2 Å². The Labute approximate surface area is 186 Å². The molecule has 1 amide bonds. The van der Waals surface area contributed by atoms with E-state index >= 15 is 0 Å². The molecule has 7 heteroatoms. The minimum Gasteiger partial charge on any atom is -0.387 e. The summed E-state index contributed by atoms with van der Waals surface area (Å²) in [5.41, 5.74) is 7.34. The first kappa shape index (κ1) is 24.4. The summed E-state index contributed by atoms with van der Waals surface area (Å²) in [6.45, 7) is 3.87. The molecule has 2 bridgehead atoms. The first-order chi connectivity index (χ1) is 13.1. The van der Waals surface area contributed by atoms with Crippen LogP contribution in [0.3, 0.4) is 0 Å². The second-order valence-corrected chi connectivity index (χ2v) is 8.75. The summed E-state index contributed by atoms with van der Waals surface area (Å²) in [6.07, 6.45) is 5.20. The van der Waals surface area contributed by atoms with Gasteiger partial charge in [0.15, 0.2) is 0 Å². The summed E-state index contributed by atoms with van der Waals surface area (Å²) < 4.78 is 0. The lowest BCUT2D eigenvalue weighted by molar-refractivity contribution is -0.140. The van der Waals surface area contributed by atoms with E-state index in [0.717, 1.165) is 44.6 Å². The minimum atomic E-state index is -0.465. The van der Waals surface area contributed by atoms with E-state index in [9.17, 15) is 9.90 Å². The maximum atomic E-state index is 13.1. The lowest BCUT2D eigenvalue weighted by atomic mass is 9.65. The Bertz CT molecular complexity index is 626. The third-order valence-electron chi connectivity index (χ3n) is 7.06. The maximum Gasteiger partial charge on any atom is 0.225 e. The van der Waals surface area contributed by atoms with Gasteiger partial charge in [-0.3, -0.25) is 9.69 Å². The van der Waals surface area contributed by atoms with E-state index in [1.54, 1.807) is 0 Å². The van der Waals surface area contributed by atoms with E-state index in [-0.39, 0.29) is 30.7 Å². The number of fused-ring (bicyclic) bond motifs is 2. The molecule has 29 heavy (non-hydrogen) atoms. The topological polar surface area (TPSA) is 69.8 Å². The Hall–Kier alpha value is -0.850. The molecular formula is C22H35Cl2N3O2. The molecule has 0 radical (unpaired) electrons. The average molecular weight is 444 g/mol. The van der Waals surface area contributed by atoms with Gasteiger partial charge in [-0.2, -0.15) is 0 Å². The number of nitrogens with two attached hydrogens (primary N) is 1. The smallest absolute Gasteiger partial charge is 0.225 e. The van der Waals surface area contributed by atoms with Crippen molar-refractivity contribution in [3.05, 3.63) is 35.9 Å². The molecule has 2 aliphatic carbocycles. The summed E-state index contributed by atoms with van der Waals surface area (Å²) in [5, 5.41) is 10.4. The van der Waals surface area contributed by atoms with Crippen molar-refractivity contribution in [3.63, 3.8) is 0 Å². The number of aliphatic hydroxyl groups excluding tert-OH is 1. The molecule has 4 rings (SSSR count). The Kier molecular flexibility index (Phi) is 9.23. The number of hydrogen-bond donors (Lipinski definition) is 2. The molecule has 3 atom stereocenters. The number of halogens is 2. The minimum absolute atomic E-state index is 0. The van der Waals surface area contributed by atoms with Gasteiger partial charge in [-0.25, -0.2) is 0 Å². The van der Waals surface area contributed by atoms with E-state index < -0.39 is 6.10 Å². The third-order valence-corrected chi connectivity index (χ3v) is 7.06. The lowest BCUT2D eigenvalue weighted by Gasteiger charge is -2.45. The number of aliphatic hydroxyl groups is 1. The Morgan fingerprint density at radius 3 is 2.21 bits per heavy atom. The lowest BCUT2D eigenvalue weighted by Crippen LogP contribution is -2.54. The number of carbonyl (C=O) groups excluding carboxylic acids is 1. The highest BCUT2D eigenvalue weighted by atomic mass is 35.5. The first-order valence-corrected chi connectivity index (χ1v) is 10.6. The summed E-state index contributed by atoms with van der Waals surface area (Å²) in [4.78, 5) is 17.4. The summed E-state index contributed by atoms with van der Waals surface area (Å²) in [7, 11) is 0. The zero-order chi connectivity index (χ0) is 18.8. The van der Waals surface area contributed by atoms with Crippen LogP contribution in [0.25, 0.3) is 0 Å². The molecule has 1 aliphatic heterocycles. The number of piperazine rings is 1. The largest absolute Gasteiger partial charge is 0.387 e. The van der Waals surface area contributed by atoms with Gasteiger partial charge in [-0.1, -0.05) is 36.8 Å². The Morgan fingerprint density at radius 2 is 1.62 bits per heavy atom. The van der Waals surface area contributed by atoms with Crippen LogP contribution in [0.15, 0.2) is 30.3 Å². The van der Waals surface area contributed by atoms with Gasteiger partial charge < -0.3 is 15.7 Å². The normalized spacial score (nSPS) is 30.6. The van der Waals surface area contributed by atoms with Gasteiger partial charge in [-0.05, 0) is 43.1 Å². The fraction of sp³-hybridized carbons (Fsp3) is 0.682. The van der Waals surface area contributed by atoms with E-state index in [0.29, 0.717) is 30.3 Å². The molecule has 1 saturated heterocycles. The molecule has 0 spiro atoms.